The van der Waals surface area contributed by atoms with Crippen LogP contribution in [0.2, 0.25) is 0 Å². The van der Waals surface area contributed by atoms with E-state index in [2.05, 4.69) is 48.8 Å². The van der Waals surface area contributed by atoms with Crippen molar-refractivity contribution in [2.75, 3.05) is 0 Å². The summed E-state index contributed by atoms with van der Waals surface area (Å²) < 4.78 is 0. The fraction of sp³-hybridized carbons (Fsp3) is 0.316. The zero-order valence-corrected chi connectivity index (χ0v) is 14.7. The van der Waals surface area contributed by atoms with Crippen LogP contribution in [0.3, 0.4) is 0 Å². The fourth-order valence-corrected chi connectivity index (χ4v) is 3.17. The first kappa shape index (κ1) is 16.5. The summed E-state index contributed by atoms with van der Waals surface area (Å²) in [6.45, 7) is 10.0. The quantitative estimate of drug-likeness (QED) is 0.794. The Hall–Kier alpha value is -1.87. The van der Waals surface area contributed by atoms with Crippen LogP contribution in [-0.4, -0.2) is 11.9 Å². The van der Waals surface area contributed by atoms with Crippen molar-refractivity contribution in [2.24, 2.45) is 0 Å². The Morgan fingerprint density at radius 1 is 1.23 bits per heavy atom. The molecule has 1 aromatic heterocycles. The lowest BCUT2D eigenvalue weighted by Crippen LogP contribution is -2.30. The number of carbonyl (C=O) groups excluding carboxylic acids is 1. The minimum absolute atomic E-state index is 0.00520. The van der Waals surface area contributed by atoms with Crippen molar-refractivity contribution in [2.45, 2.75) is 40.7 Å². The third-order valence-electron chi connectivity index (χ3n) is 3.55. The Morgan fingerprint density at radius 3 is 2.55 bits per heavy atom. The summed E-state index contributed by atoms with van der Waals surface area (Å²) in [6, 6.07) is 8.74. The van der Waals surface area contributed by atoms with Crippen LogP contribution < -0.4 is 5.32 Å². The Balaban J connectivity index is 2.33. The molecule has 0 aliphatic carbocycles. The molecule has 3 heteroatoms. The molecule has 0 radical (unpaired) electrons. The van der Waals surface area contributed by atoms with Gasteiger partial charge in [0, 0.05) is 16.5 Å². The van der Waals surface area contributed by atoms with Crippen LogP contribution in [0.15, 0.2) is 35.2 Å². The molecule has 0 saturated heterocycles. The number of aryl methyl sites for hydroxylation is 2. The highest BCUT2D eigenvalue weighted by atomic mass is 32.1. The minimum Gasteiger partial charge on any atom is -0.350 e. The molecule has 0 aliphatic rings. The molecule has 0 atom stereocenters. The first-order valence-corrected chi connectivity index (χ1v) is 8.40. The Morgan fingerprint density at radius 2 is 1.95 bits per heavy atom. The molecule has 116 valence electrons. The molecule has 2 nitrogen and oxygen atoms in total. The predicted molar refractivity (Wildman–Crippen MR) is 96.2 cm³/mol. The highest BCUT2D eigenvalue weighted by molar-refractivity contribution is 7.13. The third-order valence-corrected chi connectivity index (χ3v) is 4.45. The minimum atomic E-state index is -0.00520. The lowest BCUT2D eigenvalue weighted by molar-refractivity contribution is -0.117. The van der Waals surface area contributed by atoms with Gasteiger partial charge in [-0.05, 0) is 80.5 Å². The maximum atomic E-state index is 12.0. The van der Waals surface area contributed by atoms with Gasteiger partial charge in [-0.1, -0.05) is 12.1 Å². The second kappa shape index (κ2) is 6.93. The van der Waals surface area contributed by atoms with E-state index >= 15 is 0 Å². The fourth-order valence-electron chi connectivity index (χ4n) is 2.37. The summed E-state index contributed by atoms with van der Waals surface area (Å²) in [4.78, 5) is 13.3. The van der Waals surface area contributed by atoms with Gasteiger partial charge >= 0.3 is 0 Å². The van der Waals surface area contributed by atoms with E-state index in [-0.39, 0.29) is 11.9 Å². The number of carbonyl (C=O) groups is 1. The summed E-state index contributed by atoms with van der Waals surface area (Å²) >= 11 is 1.75. The Bertz CT molecular complexity index is 696. The summed E-state index contributed by atoms with van der Waals surface area (Å²) in [5.74, 6) is -0.00520. The van der Waals surface area contributed by atoms with Gasteiger partial charge in [-0.25, -0.2) is 0 Å². The molecule has 1 N–H and O–H groups in total. The molecule has 2 rings (SSSR count). The summed E-state index contributed by atoms with van der Waals surface area (Å²) in [7, 11) is 0. The Kier molecular flexibility index (Phi) is 5.19. The molecular weight excluding hydrogens is 290 g/mol. The van der Waals surface area contributed by atoms with Crippen LogP contribution in [0.25, 0.3) is 16.5 Å². The zero-order valence-electron chi connectivity index (χ0n) is 13.9. The normalized spacial score (nSPS) is 11.8. The number of nitrogens with one attached hydrogen (secondary N) is 1. The number of hydrogen-bond donors (Lipinski definition) is 1. The first-order chi connectivity index (χ1) is 10.4. The van der Waals surface area contributed by atoms with E-state index in [9.17, 15) is 4.79 Å². The average Bonchev–Trinajstić information content (AvgIpc) is 2.95. The monoisotopic (exact) mass is 313 g/mol. The molecule has 1 heterocycles. The van der Waals surface area contributed by atoms with Crippen LogP contribution in [0.5, 0.6) is 0 Å². The van der Waals surface area contributed by atoms with Crippen molar-refractivity contribution < 1.29 is 4.79 Å². The largest absolute Gasteiger partial charge is 0.350 e. The van der Waals surface area contributed by atoms with Crippen molar-refractivity contribution in [1.29, 1.82) is 0 Å². The molecule has 22 heavy (non-hydrogen) atoms. The van der Waals surface area contributed by atoms with E-state index in [4.69, 9.17) is 0 Å². The predicted octanol–water partition coefficient (Wildman–Crippen LogP) is 4.96. The molecule has 2 aromatic rings. The number of hydrogen-bond acceptors (Lipinski definition) is 2. The van der Waals surface area contributed by atoms with E-state index in [0.29, 0.717) is 0 Å². The summed E-state index contributed by atoms with van der Waals surface area (Å²) in [5.41, 5.74) is 5.53. The summed E-state index contributed by atoms with van der Waals surface area (Å²) in [6.07, 6.45) is 1.97. The van der Waals surface area contributed by atoms with Gasteiger partial charge in [0.1, 0.15) is 0 Å². The van der Waals surface area contributed by atoms with E-state index in [1.165, 1.54) is 21.6 Å². The molecule has 0 spiro atoms. The first-order valence-electron chi connectivity index (χ1n) is 7.52. The summed E-state index contributed by atoms with van der Waals surface area (Å²) in [5, 5.41) is 5.02. The van der Waals surface area contributed by atoms with Crippen LogP contribution in [0, 0.1) is 13.8 Å². The van der Waals surface area contributed by atoms with Crippen LogP contribution in [-0.2, 0) is 4.79 Å². The molecule has 1 amide bonds. The van der Waals surface area contributed by atoms with E-state index in [1.54, 1.807) is 11.3 Å². The molecule has 1 aromatic carbocycles. The van der Waals surface area contributed by atoms with Gasteiger partial charge in [0.05, 0.1) is 0 Å². The molecule has 0 saturated carbocycles. The number of benzene rings is 1. The maximum absolute atomic E-state index is 12.0. The topological polar surface area (TPSA) is 29.1 Å². The smallest absolute Gasteiger partial charge is 0.247 e. The highest BCUT2D eigenvalue weighted by Crippen LogP contribution is 2.30. The average molecular weight is 313 g/mol. The zero-order chi connectivity index (χ0) is 16.3. The van der Waals surface area contributed by atoms with Crippen LogP contribution in [0.4, 0.5) is 0 Å². The molecule has 0 bridgehead atoms. The van der Waals surface area contributed by atoms with Crippen LogP contribution in [0.1, 0.15) is 37.5 Å². The van der Waals surface area contributed by atoms with Crippen molar-refractivity contribution in [1.82, 2.24) is 5.32 Å². The van der Waals surface area contributed by atoms with E-state index in [1.807, 2.05) is 26.8 Å². The van der Waals surface area contributed by atoms with Gasteiger partial charge in [-0.2, -0.15) is 0 Å². The number of amides is 1. The third kappa shape index (κ3) is 3.86. The van der Waals surface area contributed by atoms with Gasteiger partial charge in [0.25, 0.3) is 0 Å². The van der Waals surface area contributed by atoms with E-state index < -0.39 is 0 Å². The SMILES string of the molecule is CC(=Cc1cc(C)c(-c2cccs2)cc1C)C(=O)NC(C)C. The second-order valence-corrected chi connectivity index (χ2v) is 6.90. The highest BCUT2D eigenvalue weighted by Gasteiger charge is 2.09. The number of thiophene rings is 1. The Labute approximate surface area is 136 Å². The standard InChI is InChI=1S/C19H23NOS/c1-12(2)20-19(21)15(5)10-16-9-14(4)17(11-13(16)3)18-7-6-8-22-18/h6-12H,1-5H3,(H,20,21). The molecule has 0 unspecified atom stereocenters. The second-order valence-electron chi connectivity index (χ2n) is 5.96. The van der Waals surface area contributed by atoms with Gasteiger partial charge in [0.15, 0.2) is 0 Å². The van der Waals surface area contributed by atoms with Crippen LogP contribution >= 0.6 is 11.3 Å². The molecular formula is C19H23NOS. The molecule has 0 fully saturated rings. The van der Waals surface area contributed by atoms with Gasteiger partial charge < -0.3 is 5.32 Å². The van der Waals surface area contributed by atoms with Crippen molar-refractivity contribution >= 4 is 23.3 Å². The van der Waals surface area contributed by atoms with Crippen molar-refractivity contribution in [3.05, 3.63) is 51.9 Å². The van der Waals surface area contributed by atoms with Gasteiger partial charge in [-0.3, -0.25) is 4.79 Å². The van der Waals surface area contributed by atoms with Crippen molar-refractivity contribution in [3.8, 4) is 10.4 Å². The van der Waals surface area contributed by atoms with Crippen molar-refractivity contribution in [3.63, 3.8) is 0 Å². The lowest BCUT2D eigenvalue weighted by atomic mass is 9.97. The number of rotatable bonds is 4. The van der Waals surface area contributed by atoms with Gasteiger partial charge in [-0.15, -0.1) is 11.3 Å². The molecule has 0 aliphatic heterocycles. The van der Waals surface area contributed by atoms with Gasteiger partial charge in [0.2, 0.25) is 5.91 Å². The lowest BCUT2D eigenvalue weighted by Gasteiger charge is -2.11. The maximum Gasteiger partial charge on any atom is 0.247 e. The van der Waals surface area contributed by atoms with E-state index in [0.717, 1.165) is 11.1 Å².